The third-order valence-electron chi connectivity index (χ3n) is 12.3. The fourth-order valence-electron chi connectivity index (χ4n) is 8.44. The number of hydrogen-bond donors (Lipinski definition) is 11. The summed E-state index contributed by atoms with van der Waals surface area (Å²) in [5.41, 5.74) is 16.6. The van der Waals surface area contributed by atoms with Crippen LogP contribution in [-0.2, 0) is 52.7 Å². The molecule has 0 aliphatic carbocycles. The summed E-state index contributed by atoms with van der Waals surface area (Å²) in [6.45, 7) is 13.9. The number of carboxylic acids is 1. The average Bonchev–Trinajstić information content (AvgIpc) is 3.98. The second kappa shape index (κ2) is 28.7. The van der Waals surface area contributed by atoms with E-state index < -0.39 is 145 Å². The number of rotatable bonds is 29. The van der Waals surface area contributed by atoms with Gasteiger partial charge in [0.2, 0.25) is 59.1 Å². The minimum absolute atomic E-state index is 0.0433. The zero-order valence-corrected chi connectivity index (χ0v) is 41.9. The van der Waals surface area contributed by atoms with Crippen LogP contribution in [0, 0.1) is 23.7 Å². The maximum atomic E-state index is 14.2. The molecule has 0 aromatic heterocycles. The van der Waals surface area contributed by atoms with Crippen molar-refractivity contribution in [3.05, 3.63) is 0 Å². The highest BCUT2D eigenvalue weighted by molar-refractivity contribution is 5.99. The molecule has 14 N–H and O–H groups in total. The first-order valence-corrected chi connectivity index (χ1v) is 24.3. The third kappa shape index (κ3) is 18.8. The van der Waals surface area contributed by atoms with Crippen molar-refractivity contribution in [2.45, 2.75) is 180 Å². The van der Waals surface area contributed by atoms with Crippen molar-refractivity contribution in [1.29, 1.82) is 0 Å². The van der Waals surface area contributed by atoms with Gasteiger partial charge in [-0.15, -0.1) is 0 Å². The molecule has 10 atom stereocenters. The minimum Gasteiger partial charge on any atom is -0.480 e. The molecule has 0 bridgehead atoms. The Morgan fingerprint density at radius 3 is 1.41 bits per heavy atom. The van der Waals surface area contributed by atoms with Crippen molar-refractivity contribution < 1.29 is 63.0 Å². The number of likely N-dealkylation sites (tertiary alicyclic amines) is 2. The number of nitrogens with zero attached hydrogens (tertiary/aromatic N) is 2. The van der Waals surface area contributed by atoms with Gasteiger partial charge >= 0.3 is 5.97 Å². The second-order valence-electron chi connectivity index (χ2n) is 19.7. The number of nitrogens with one attached hydrogen (secondary N) is 6. The molecule has 24 heteroatoms. The van der Waals surface area contributed by atoms with Crippen LogP contribution in [0.2, 0.25) is 0 Å². The molecule has 24 nitrogen and oxygen atoms in total. The Kier molecular flexibility index (Phi) is 24.7. The van der Waals surface area contributed by atoms with E-state index in [4.69, 9.17) is 17.2 Å². The van der Waals surface area contributed by atoms with Crippen molar-refractivity contribution in [3.8, 4) is 0 Å². The van der Waals surface area contributed by atoms with Gasteiger partial charge in [-0.2, -0.15) is 0 Å². The zero-order valence-electron chi connectivity index (χ0n) is 41.9. The van der Waals surface area contributed by atoms with Gasteiger partial charge in [-0.1, -0.05) is 61.8 Å². The lowest BCUT2D eigenvalue weighted by molar-refractivity contribution is -0.145. The van der Waals surface area contributed by atoms with Crippen molar-refractivity contribution in [2.75, 3.05) is 19.7 Å². The van der Waals surface area contributed by atoms with Gasteiger partial charge in [0.05, 0.1) is 13.0 Å². The van der Waals surface area contributed by atoms with Gasteiger partial charge in [-0.25, -0.2) is 4.79 Å². The Morgan fingerprint density at radius 1 is 0.571 bits per heavy atom. The van der Waals surface area contributed by atoms with Crippen LogP contribution in [0.1, 0.15) is 126 Å². The Bertz CT molecular complexity index is 1880. The van der Waals surface area contributed by atoms with Crippen LogP contribution in [0.4, 0.5) is 0 Å². The molecule has 0 saturated carbocycles. The lowest BCUT2D eigenvalue weighted by atomic mass is 9.96. The number of carboxylic acid groups (broad SMARTS) is 1. The summed E-state index contributed by atoms with van der Waals surface area (Å²) in [4.78, 5) is 149. The van der Waals surface area contributed by atoms with E-state index >= 15 is 0 Å². The highest BCUT2D eigenvalue weighted by Crippen LogP contribution is 2.23. The van der Waals surface area contributed by atoms with E-state index in [1.807, 2.05) is 41.5 Å². The molecule has 0 unspecified atom stereocenters. The predicted octanol–water partition coefficient (Wildman–Crippen LogP) is -2.39. The first kappa shape index (κ1) is 60.2. The largest absolute Gasteiger partial charge is 0.480 e. The Hall–Kier alpha value is -5.91. The van der Waals surface area contributed by atoms with E-state index in [0.29, 0.717) is 19.3 Å². The van der Waals surface area contributed by atoms with Gasteiger partial charge in [0.15, 0.2) is 0 Å². The fourth-order valence-corrected chi connectivity index (χ4v) is 8.44. The highest BCUT2D eigenvalue weighted by atomic mass is 16.4. The van der Waals surface area contributed by atoms with Crippen LogP contribution in [0.5, 0.6) is 0 Å². The molecule has 2 fully saturated rings. The van der Waals surface area contributed by atoms with Crippen LogP contribution in [0.25, 0.3) is 0 Å². The van der Waals surface area contributed by atoms with Crippen molar-refractivity contribution in [3.63, 3.8) is 0 Å². The predicted molar refractivity (Wildman–Crippen MR) is 254 cm³/mol. The molecule has 10 amide bonds. The average molecular weight is 994 g/mol. The molecule has 2 aliphatic rings. The summed E-state index contributed by atoms with van der Waals surface area (Å²) < 4.78 is 0. The molecular formula is C46H79N11O13. The Balaban J connectivity index is 2.37. The molecule has 2 rings (SSSR count). The second-order valence-corrected chi connectivity index (χ2v) is 19.7. The maximum Gasteiger partial charge on any atom is 0.326 e. The van der Waals surface area contributed by atoms with E-state index in [2.05, 4.69) is 31.9 Å². The number of carbonyl (C=O) groups excluding carboxylic acids is 10. The summed E-state index contributed by atoms with van der Waals surface area (Å²) in [6, 6.07) is -11.5. The molecule has 70 heavy (non-hydrogen) atoms. The Morgan fingerprint density at radius 2 is 1.00 bits per heavy atom. The standard InChI is InChI=1S/C46H79N11O13/c1-9-26(8)37(43(66)53-31(19-24(4)5)45(68)57-17-11-13-34(57)42(65)54-32(46(69)70)20-25(6)7)55-40(63)29(21-36(49)60)51-39(62)28(14-15-35(48)59)50-41(64)33-12-10-16-56(33)44(67)30(18-23(2)3)52-38(61)27(47)22-58/h23-34,37,58H,9-22,47H2,1-8H3,(H2,48,59)(H2,49,60)(H,50,64)(H,51,62)(H,52,61)(H,53,66)(H,54,65)(H,55,63)(H,69,70)/t26-,27-,28-,29-,30-,31-,32-,33-,34-,37-/m0/s1. The van der Waals surface area contributed by atoms with Gasteiger partial charge in [0.1, 0.15) is 54.4 Å². The van der Waals surface area contributed by atoms with Crippen molar-refractivity contribution in [1.82, 2.24) is 41.7 Å². The van der Waals surface area contributed by atoms with Gasteiger partial charge in [0, 0.05) is 19.5 Å². The Labute approximate surface area is 409 Å². The van der Waals surface area contributed by atoms with E-state index in [0.717, 1.165) is 0 Å². The van der Waals surface area contributed by atoms with Gasteiger partial charge in [0.25, 0.3) is 0 Å². The lowest BCUT2D eigenvalue weighted by Gasteiger charge is -2.32. The first-order valence-electron chi connectivity index (χ1n) is 24.3. The van der Waals surface area contributed by atoms with Gasteiger partial charge in [-0.05, 0) is 75.0 Å². The third-order valence-corrected chi connectivity index (χ3v) is 12.3. The fraction of sp³-hybridized carbons (Fsp3) is 0.761. The zero-order chi connectivity index (χ0) is 53.2. The number of carbonyl (C=O) groups is 11. The molecule has 0 aromatic rings. The van der Waals surface area contributed by atoms with Crippen LogP contribution in [0.3, 0.4) is 0 Å². The summed E-state index contributed by atoms with van der Waals surface area (Å²) in [5.74, 6) is -10.2. The van der Waals surface area contributed by atoms with Crippen molar-refractivity contribution in [2.24, 2.45) is 40.9 Å². The maximum absolute atomic E-state index is 14.2. The number of aliphatic carboxylic acids is 1. The van der Waals surface area contributed by atoms with Crippen molar-refractivity contribution >= 4 is 65.0 Å². The minimum atomic E-state index is -1.73. The summed E-state index contributed by atoms with van der Waals surface area (Å²) in [5, 5.41) is 34.5. The quantitative estimate of drug-likeness (QED) is 0.0373. The van der Waals surface area contributed by atoms with E-state index in [-0.39, 0.29) is 69.4 Å². The number of aliphatic hydroxyl groups excluding tert-OH is 1. The van der Waals surface area contributed by atoms with Gasteiger partial charge in [-0.3, -0.25) is 47.9 Å². The van der Waals surface area contributed by atoms with E-state index in [9.17, 15) is 63.0 Å². The SMILES string of the molecule is CC[C@H](C)[C@H](NC(=O)[C@H](CC(N)=O)NC(=O)[C@H](CCC(N)=O)NC(=O)[C@@H]1CCCN1C(=O)[C@H](CC(C)C)NC(=O)[C@@H](N)CO)C(=O)N[C@@H](CC(C)C)C(=O)N1CCC[C@H]1C(=O)N[C@@H](CC(C)C)C(=O)O. The molecule has 0 aromatic carbocycles. The van der Waals surface area contributed by atoms with E-state index in [1.165, 1.54) is 9.80 Å². The van der Waals surface area contributed by atoms with Crippen LogP contribution >= 0.6 is 0 Å². The normalized spacial score (nSPS) is 19.2. The summed E-state index contributed by atoms with van der Waals surface area (Å²) in [7, 11) is 0. The van der Waals surface area contributed by atoms with E-state index in [1.54, 1.807) is 13.8 Å². The van der Waals surface area contributed by atoms with Crippen LogP contribution < -0.4 is 49.1 Å². The lowest BCUT2D eigenvalue weighted by Crippen LogP contribution is -2.61. The molecule has 2 saturated heterocycles. The molecule has 2 aliphatic heterocycles. The summed E-state index contributed by atoms with van der Waals surface area (Å²) in [6.07, 6.45) is 0.485. The monoisotopic (exact) mass is 994 g/mol. The molecule has 0 spiro atoms. The molecular weight excluding hydrogens is 915 g/mol. The number of aliphatic hydroxyl groups is 1. The van der Waals surface area contributed by atoms with Gasteiger partial charge < -0.3 is 69.1 Å². The van der Waals surface area contributed by atoms with Crippen LogP contribution in [-0.4, -0.2) is 159 Å². The smallest absolute Gasteiger partial charge is 0.326 e. The highest BCUT2D eigenvalue weighted by Gasteiger charge is 2.42. The molecule has 0 radical (unpaired) electrons. The molecule has 396 valence electrons. The first-order chi connectivity index (χ1) is 32.7. The number of nitrogens with two attached hydrogens (primary N) is 3. The topological polar surface area (TPSA) is 385 Å². The number of amides is 10. The van der Waals surface area contributed by atoms with Crippen LogP contribution in [0.15, 0.2) is 0 Å². The molecule has 2 heterocycles. The summed E-state index contributed by atoms with van der Waals surface area (Å²) >= 11 is 0. The number of primary amides is 2. The number of hydrogen-bond acceptors (Lipinski definition) is 13.